The van der Waals surface area contributed by atoms with Crippen LogP contribution in [0.4, 0.5) is 5.82 Å². The summed E-state index contributed by atoms with van der Waals surface area (Å²) in [7, 11) is 0. The van der Waals surface area contributed by atoms with Crippen molar-refractivity contribution in [2.45, 2.75) is 51.2 Å². The van der Waals surface area contributed by atoms with Crippen LogP contribution in [-0.2, 0) is 17.8 Å². The maximum absolute atomic E-state index is 14.5. The van der Waals surface area contributed by atoms with Crippen molar-refractivity contribution in [3.05, 3.63) is 105 Å². The number of aromatic hydroxyl groups is 1. The third kappa shape index (κ3) is 7.19. The Bertz CT molecular complexity index is 2270. The van der Waals surface area contributed by atoms with E-state index in [0.29, 0.717) is 50.1 Å². The van der Waals surface area contributed by atoms with E-state index in [9.17, 15) is 9.90 Å². The summed E-state index contributed by atoms with van der Waals surface area (Å²) in [4.78, 5) is 28.2. The number of phenolic OH excluding ortho intramolecular Hbond substituents is 1. The molecule has 1 aliphatic heterocycles. The minimum atomic E-state index is -0.222. The summed E-state index contributed by atoms with van der Waals surface area (Å²) in [6.45, 7) is 2.92. The first-order valence-corrected chi connectivity index (χ1v) is 17.2. The van der Waals surface area contributed by atoms with E-state index in [0.717, 1.165) is 63.0 Å². The van der Waals surface area contributed by atoms with Gasteiger partial charge in [0.2, 0.25) is 0 Å². The first-order valence-electron chi connectivity index (χ1n) is 16.8. The molecule has 0 atom stereocenters. The second kappa shape index (κ2) is 15.1. The Balaban J connectivity index is 1.23. The number of nitrogens with two attached hydrogens (primary N) is 1. The predicted octanol–water partition coefficient (Wildman–Crippen LogP) is 5.53. The first-order chi connectivity index (χ1) is 24.5. The molecule has 11 nitrogen and oxygen atoms in total. The van der Waals surface area contributed by atoms with Gasteiger partial charge < -0.3 is 20.9 Å². The number of benzene rings is 3. The van der Waals surface area contributed by atoms with Crippen LogP contribution in [0.15, 0.2) is 77.9 Å². The van der Waals surface area contributed by atoms with Gasteiger partial charge in [-0.25, -0.2) is 19.6 Å². The van der Waals surface area contributed by atoms with Crippen LogP contribution < -0.4 is 16.6 Å². The number of rotatable bonds is 10. The number of nitrogens with one attached hydrogen (secondary N) is 1. The lowest BCUT2D eigenvalue weighted by Gasteiger charge is -2.23. The van der Waals surface area contributed by atoms with Crippen LogP contribution in [0.2, 0.25) is 5.02 Å². The van der Waals surface area contributed by atoms with Crippen molar-refractivity contribution in [1.29, 1.82) is 0 Å². The average molecular weight is 689 g/mol. The smallest absolute Gasteiger partial charge is 0.263 e. The minimum Gasteiger partial charge on any atom is -0.508 e. The van der Waals surface area contributed by atoms with Crippen LogP contribution in [0, 0.1) is 11.8 Å². The molecule has 50 heavy (non-hydrogen) atoms. The van der Waals surface area contributed by atoms with Gasteiger partial charge in [-0.05, 0) is 80.3 Å². The van der Waals surface area contributed by atoms with Crippen molar-refractivity contribution >= 4 is 39.4 Å². The Morgan fingerprint density at radius 1 is 0.980 bits per heavy atom. The lowest BCUT2D eigenvalue weighted by molar-refractivity contribution is 0.0780. The molecule has 3 aromatic heterocycles. The van der Waals surface area contributed by atoms with E-state index in [1.807, 2.05) is 36.4 Å². The van der Waals surface area contributed by atoms with Crippen LogP contribution in [0.3, 0.4) is 0 Å². The number of fused-ring (bicyclic) bond motifs is 2. The van der Waals surface area contributed by atoms with Gasteiger partial charge in [0, 0.05) is 41.8 Å². The maximum Gasteiger partial charge on any atom is 0.263 e. The number of hydrogen-bond donors (Lipinski definition) is 3. The van der Waals surface area contributed by atoms with Crippen molar-refractivity contribution in [2.24, 2.45) is 0 Å². The molecule has 0 amide bonds. The second-order valence-corrected chi connectivity index (χ2v) is 12.7. The maximum atomic E-state index is 14.5. The fourth-order valence-electron chi connectivity index (χ4n) is 6.29. The lowest BCUT2D eigenvalue weighted by atomic mass is 10.1. The number of hydrogen-bond acceptors (Lipinski definition) is 9. The molecule has 0 unspecified atom stereocenters. The number of aromatic nitrogens is 6. The summed E-state index contributed by atoms with van der Waals surface area (Å²) >= 11 is 6.60. The molecule has 6 aromatic rings. The number of anilines is 1. The Labute approximate surface area is 294 Å². The normalized spacial score (nSPS) is 13.5. The Morgan fingerprint density at radius 3 is 2.62 bits per heavy atom. The van der Waals surface area contributed by atoms with Crippen LogP contribution >= 0.6 is 11.6 Å². The van der Waals surface area contributed by atoms with Crippen molar-refractivity contribution < 1.29 is 9.84 Å². The highest BCUT2D eigenvalue weighted by Gasteiger charge is 2.21. The zero-order valence-corrected chi connectivity index (χ0v) is 28.2. The Morgan fingerprint density at radius 2 is 1.80 bits per heavy atom. The second-order valence-electron chi connectivity index (χ2n) is 12.3. The van der Waals surface area contributed by atoms with Gasteiger partial charge in [-0.15, -0.1) is 0 Å². The van der Waals surface area contributed by atoms with E-state index in [-0.39, 0.29) is 30.2 Å². The summed E-state index contributed by atoms with van der Waals surface area (Å²) in [5.41, 5.74) is 9.84. The fraction of sp³-hybridized carbons (Fsp3) is 0.289. The summed E-state index contributed by atoms with van der Waals surface area (Å²) in [6.07, 6.45) is 6.23. The number of ether oxygens (including phenoxy) is 1. The zero-order valence-electron chi connectivity index (χ0n) is 27.5. The van der Waals surface area contributed by atoms with Crippen molar-refractivity contribution in [1.82, 2.24) is 34.6 Å². The molecular weight excluding hydrogens is 652 g/mol. The van der Waals surface area contributed by atoms with Crippen LogP contribution in [0.1, 0.15) is 49.1 Å². The molecule has 254 valence electrons. The molecule has 3 aromatic carbocycles. The van der Waals surface area contributed by atoms with Crippen molar-refractivity contribution in [3.63, 3.8) is 0 Å². The number of nitrogens with zero attached hydrogens (tertiary/aromatic N) is 6. The van der Waals surface area contributed by atoms with Crippen molar-refractivity contribution in [2.75, 3.05) is 25.5 Å². The van der Waals surface area contributed by atoms with Gasteiger partial charge in [-0.1, -0.05) is 47.7 Å². The van der Waals surface area contributed by atoms with Crippen LogP contribution in [0.5, 0.6) is 5.75 Å². The van der Waals surface area contributed by atoms with Gasteiger partial charge in [0.1, 0.15) is 36.0 Å². The molecule has 1 fully saturated rings. The molecule has 0 bridgehead atoms. The largest absolute Gasteiger partial charge is 0.508 e. The molecule has 4 N–H and O–H groups in total. The van der Waals surface area contributed by atoms with Gasteiger partial charge in [0.15, 0.2) is 5.65 Å². The summed E-state index contributed by atoms with van der Waals surface area (Å²) in [5.74, 6) is 7.41. The van der Waals surface area contributed by atoms with E-state index in [4.69, 9.17) is 32.2 Å². The summed E-state index contributed by atoms with van der Waals surface area (Å²) in [5, 5.41) is 19.9. The molecule has 0 spiro atoms. The molecule has 1 aliphatic rings. The Hall–Kier alpha value is -5.28. The molecule has 0 radical (unpaired) electrons. The number of unbranched alkanes of at least 4 members (excludes halogenated alkanes) is 2. The molecular formula is C38H37ClN8O3. The average Bonchev–Trinajstić information content (AvgIpc) is 3.50. The first kappa shape index (κ1) is 33.2. The van der Waals surface area contributed by atoms with E-state index < -0.39 is 0 Å². The third-order valence-electron chi connectivity index (χ3n) is 8.95. The SMILES string of the molecule is Nc1ncnc2c1c(-c1ccc(O)cc1)nn2Cc1nc2cccc(C#CCCCCNC3CCOCC3)c2c(=O)n1Cc1ccccc1Cl. The zero-order chi connectivity index (χ0) is 34.5. The molecule has 1 saturated heterocycles. The number of phenols is 1. The topological polar surface area (TPSA) is 146 Å². The van der Waals surface area contributed by atoms with Gasteiger partial charge in [-0.2, -0.15) is 5.10 Å². The third-order valence-corrected chi connectivity index (χ3v) is 9.31. The highest BCUT2D eigenvalue weighted by Crippen LogP contribution is 2.31. The molecule has 7 rings (SSSR count). The Kier molecular flexibility index (Phi) is 10.0. The minimum absolute atomic E-state index is 0.110. The standard InChI is InChI=1S/C38H37ClN8O3/c39-30-11-5-4-9-27(30)22-46-32(23-47-37-34(36(40)42-24-43-37)35(45-47)26-13-15-29(48)16-14-26)44-31-12-7-10-25(33(31)38(46)49)8-3-1-2-6-19-41-28-17-20-50-21-18-28/h4-5,7,9-16,24,28,41,48H,1-2,6,17-23H2,(H2,40,42,43). The van der Waals surface area contributed by atoms with Crippen molar-refractivity contribution in [3.8, 4) is 28.8 Å². The van der Waals surface area contributed by atoms with Gasteiger partial charge >= 0.3 is 0 Å². The molecule has 0 saturated carbocycles. The van der Waals surface area contributed by atoms with Gasteiger partial charge in [-0.3, -0.25) is 9.36 Å². The van der Waals surface area contributed by atoms with E-state index in [1.54, 1.807) is 39.6 Å². The molecule has 12 heteroatoms. The highest BCUT2D eigenvalue weighted by molar-refractivity contribution is 6.31. The lowest BCUT2D eigenvalue weighted by Crippen LogP contribution is -2.35. The quantitative estimate of drug-likeness (QED) is 0.125. The van der Waals surface area contributed by atoms with E-state index >= 15 is 0 Å². The monoisotopic (exact) mass is 688 g/mol. The molecule has 4 heterocycles. The number of nitrogen functional groups attached to an aromatic ring is 1. The highest BCUT2D eigenvalue weighted by atomic mass is 35.5. The summed E-state index contributed by atoms with van der Waals surface area (Å²) < 4.78 is 8.75. The predicted molar refractivity (Wildman–Crippen MR) is 195 cm³/mol. The van der Waals surface area contributed by atoms with Crippen LogP contribution in [0.25, 0.3) is 33.2 Å². The fourth-order valence-corrected chi connectivity index (χ4v) is 6.49. The molecule has 0 aliphatic carbocycles. The van der Waals surface area contributed by atoms with Gasteiger partial charge in [0.25, 0.3) is 5.56 Å². The van der Waals surface area contributed by atoms with E-state index in [2.05, 4.69) is 27.1 Å². The van der Waals surface area contributed by atoms with Crippen LogP contribution in [-0.4, -0.2) is 60.2 Å². The summed E-state index contributed by atoms with van der Waals surface area (Å²) in [6, 6.07) is 20.2. The number of halogens is 1. The van der Waals surface area contributed by atoms with E-state index in [1.165, 1.54) is 6.33 Å². The van der Waals surface area contributed by atoms with Gasteiger partial charge in [0.05, 0.1) is 22.8 Å².